The summed E-state index contributed by atoms with van der Waals surface area (Å²) < 4.78 is 10.5. The maximum absolute atomic E-state index is 6.02. The van der Waals surface area contributed by atoms with Crippen LogP contribution in [-0.4, -0.2) is 9.55 Å². The Kier molecular flexibility index (Phi) is 3.64. The highest BCUT2D eigenvalue weighted by Crippen LogP contribution is 2.32. The van der Waals surface area contributed by atoms with Crippen LogP contribution in [0.4, 0.5) is 0 Å². The predicted octanol–water partition coefficient (Wildman–Crippen LogP) is 4.32. The number of hydrogen-bond donors (Lipinski definition) is 0. The molecule has 4 aromatic rings. The fourth-order valence-corrected chi connectivity index (χ4v) is 3.68. The molecular formula is C21H24N3O+. The summed E-state index contributed by atoms with van der Waals surface area (Å²) >= 11 is 0. The van der Waals surface area contributed by atoms with Gasteiger partial charge >= 0.3 is 0 Å². The van der Waals surface area contributed by atoms with E-state index in [1.54, 1.807) is 0 Å². The lowest BCUT2D eigenvalue weighted by Crippen LogP contribution is -2.30. The Balaban J connectivity index is 2.04. The van der Waals surface area contributed by atoms with Crippen molar-refractivity contribution in [1.29, 1.82) is 0 Å². The average Bonchev–Trinajstić information content (AvgIpc) is 3.08. The Morgan fingerprint density at radius 3 is 2.64 bits per heavy atom. The Morgan fingerprint density at radius 2 is 1.92 bits per heavy atom. The van der Waals surface area contributed by atoms with Gasteiger partial charge in [0.2, 0.25) is 0 Å². The molecular weight excluding hydrogens is 310 g/mol. The SMILES string of the molecule is Cc1ccc2oc(CC(C)C)nc2c1-c1n(C)c2ccccc2[n+]1C. The lowest BCUT2D eigenvalue weighted by molar-refractivity contribution is -0.634. The van der Waals surface area contributed by atoms with Gasteiger partial charge in [0.05, 0.1) is 19.7 Å². The molecule has 0 atom stereocenters. The molecule has 0 unspecified atom stereocenters. The molecule has 2 heterocycles. The highest BCUT2D eigenvalue weighted by atomic mass is 16.3. The van der Waals surface area contributed by atoms with Crippen molar-refractivity contribution in [2.45, 2.75) is 27.2 Å². The minimum Gasteiger partial charge on any atom is -0.441 e. The first-order chi connectivity index (χ1) is 12.0. The summed E-state index contributed by atoms with van der Waals surface area (Å²) in [7, 11) is 4.23. The number of imidazole rings is 1. The lowest BCUT2D eigenvalue weighted by atomic mass is 10.1. The summed E-state index contributed by atoms with van der Waals surface area (Å²) in [5.74, 6) is 2.48. The molecule has 0 aliphatic rings. The number of benzene rings is 2. The van der Waals surface area contributed by atoms with Crippen LogP contribution >= 0.6 is 0 Å². The number of rotatable bonds is 3. The molecule has 0 spiro atoms. The Bertz CT molecular complexity index is 1050. The normalized spacial score (nSPS) is 11.9. The van der Waals surface area contributed by atoms with Crippen molar-refractivity contribution in [3.05, 3.63) is 47.9 Å². The van der Waals surface area contributed by atoms with Crippen molar-refractivity contribution < 1.29 is 8.98 Å². The van der Waals surface area contributed by atoms with Crippen LogP contribution in [0.2, 0.25) is 0 Å². The molecule has 25 heavy (non-hydrogen) atoms. The van der Waals surface area contributed by atoms with Gasteiger partial charge in [0, 0.05) is 6.42 Å². The van der Waals surface area contributed by atoms with E-state index < -0.39 is 0 Å². The van der Waals surface area contributed by atoms with Gasteiger partial charge in [-0.15, -0.1) is 0 Å². The Morgan fingerprint density at radius 1 is 1.16 bits per heavy atom. The lowest BCUT2D eigenvalue weighted by Gasteiger charge is -2.04. The summed E-state index contributed by atoms with van der Waals surface area (Å²) in [4.78, 5) is 4.85. The minimum atomic E-state index is 0.520. The highest BCUT2D eigenvalue weighted by Gasteiger charge is 2.26. The van der Waals surface area contributed by atoms with Gasteiger partial charge in [-0.2, -0.15) is 0 Å². The van der Waals surface area contributed by atoms with Gasteiger partial charge in [-0.05, 0) is 36.6 Å². The smallest absolute Gasteiger partial charge is 0.292 e. The zero-order valence-corrected chi connectivity index (χ0v) is 15.5. The first kappa shape index (κ1) is 15.9. The van der Waals surface area contributed by atoms with Crippen molar-refractivity contribution in [3.63, 3.8) is 0 Å². The van der Waals surface area contributed by atoms with E-state index >= 15 is 0 Å². The average molecular weight is 334 g/mol. The van der Waals surface area contributed by atoms with Gasteiger partial charge < -0.3 is 4.42 Å². The molecule has 0 bridgehead atoms. The maximum Gasteiger partial charge on any atom is 0.292 e. The van der Waals surface area contributed by atoms with Gasteiger partial charge in [-0.1, -0.05) is 32.0 Å². The van der Waals surface area contributed by atoms with E-state index in [1.165, 1.54) is 16.6 Å². The maximum atomic E-state index is 6.02. The van der Waals surface area contributed by atoms with E-state index in [-0.39, 0.29) is 0 Å². The number of hydrogen-bond acceptors (Lipinski definition) is 2. The molecule has 0 radical (unpaired) electrons. The second-order valence-electron chi connectivity index (χ2n) is 7.24. The third-order valence-corrected chi connectivity index (χ3v) is 4.86. The summed E-state index contributed by atoms with van der Waals surface area (Å²) in [6.07, 6.45) is 0.856. The number of fused-ring (bicyclic) bond motifs is 2. The molecule has 4 rings (SSSR count). The van der Waals surface area contributed by atoms with Gasteiger partial charge in [-0.3, -0.25) is 0 Å². The number of aromatic nitrogens is 3. The van der Waals surface area contributed by atoms with Crippen LogP contribution in [0, 0.1) is 12.8 Å². The summed E-state index contributed by atoms with van der Waals surface area (Å²) in [5, 5.41) is 0. The van der Waals surface area contributed by atoms with Crippen molar-refractivity contribution in [1.82, 2.24) is 9.55 Å². The molecule has 0 saturated heterocycles. The highest BCUT2D eigenvalue weighted by molar-refractivity contribution is 5.91. The molecule has 128 valence electrons. The first-order valence-electron chi connectivity index (χ1n) is 8.80. The molecule has 0 fully saturated rings. The molecule has 4 heteroatoms. The van der Waals surface area contributed by atoms with E-state index in [0.29, 0.717) is 5.92 Å². The van der Waals surface area contributed by atoms with E-state index in [4.69, 9.17) is 9.40 Å². The van der Waals surface area contributed by atoms with Crippen LogP contribution < -0.4 is 4.57 Å². The third kappa shape index (κ3) is 2.44. The van der Waals surface area contributed by atoms with Crippen LogP contribution in [0.25, 0.3) is 33.5 Å². The Labute approximate surface area is 147 Å². The molecule has 2 aromatic heterocycles. The minimum absolute atomic E-state index is 0.520. The molecule has 2 aromatic carbocycles. The van der Waals surface area contributed by atoms with Crippen molar-refractivity contribution in [2.75, 3.05) is 0 Å². The van der Waals surface area contributed by atoms with Crippen LogP contribution in [-0.2, 0) is 20.5 Å². The zero-order valence-electron chi connectivity index (χ0n) is 15.5. The number of para-hydroxylation sites is 2. The van der Waals surface area contributed by atoms with Gasteiger partial charge in [0.15, 0.2) is 22.5 Å². The quantitative estimate of drug-likeness (QED) is 0.523. The fourth-order valence-electron chi connectivity index (χ4n) is 3.68. The fraction of sp³-hybridized carbons (Fsp3) is 0.333. The van der Waals surface area contributed by atoms with E-state index in [9.17, 15) is 0 Å². The van der Waals surface area contributed by atoms with E-state index in [0.717, 1.165) is 34.8 Å². The second kappa shape index (κ2) is 5.73. The topological polar surface area (TPSA) is 34.8 Å². The van der Waals surface area contributed by atoms with Crippen LogP contribution in [0.1, 0.15) is 25.3 Å². The summed E-state index contributed by atoms with van der Waals surface area (Å²) in [5.41, 5.74) is 6.60. The third-order valence-electron chi connectivity index (χ3n) is 4.86. The predicted molar refractivity (Wildman–Crippen MR) is 100 cm³/mol. The van der Waals surface area contributed by atoms with Crippen LogP contribution in [0.15, 0.2) is 40.8 Å². The Hall–Kier alpha value is -2.62. The van der Waals surface area contributed by atoms with E-state index in [2.05, 4.69) is 74.3 Å². The molecule has 0 aliphatic carbocycles. The first-order valence-corrected chi connectivity index (χ1v) is 8.80. The largest absolute Gasteiger partial charge is 0.441 e. The van der Waals surface area contributed by atoms with Gasteiger partial charge in [0.1, 0.15) is 5.52 Å². The van der Waals surface area contributed by atoms with Crippen molar-refractivity contribution in [3.8, 4) is 11.4 Å². The summed E-state index contributed by atoms with van der Waals surface area (Å²) in [6.45, 7) is 6.51. The van der Waals surface area contributed by atoms with Crippen LogP contribution in [0.5, 0.6) is 0 Å². The molecule has 0 aliphatic heterocycles. The number of aryl methyl sites for hydroxylation is 3. The molecule has 0 N–H and O–H groups in total. The van der Waals surface area contributed by atoms with E-state index in [1.807, 2.05) is 6.07 Å². The number of nitrogens with zero attached hydrogens (tertiary/aromatic N) is 3. The van der Waals surface area contributed by atoms with Crippen LogP contribution in [0.3, 0.4) is 0 Å². The zero-order chi connectivity index (χ0) is 17.7. The number of oxazole rings is 1. The molecule has 4 nitrogen and oxygen atoms in total. The van der Waals surface area contributed by atoms with Gasteiger partial charge in [-0.25, -0.2) is 14.1 Å². The summed E-state index contributed by atoms with van der Waals surface area (Å²) in [6, 6.07) is 12.6. The van der Waals surface area contributed by atoms with Gasteiger partial charge in [0.25, 0.3) is 5.82 Å². The van der Waals surface area contributed by atoms with Crippen molar-refractivity contribution >= 4 is 22.1 Å². The second-order valence-corrected chi connectivity index (χ2v) is 7.24. The standard InChI is InChI=1S/C21H24N3O/c1-13(2)12-18-22-20-17(25-18)11-10-14(3)19(20)21-23(4)15-8-6-7-9-16(15)24(21)5/h6-11,13H,12H2,1-5H3/q+1. The molecule has 0 saturated carbocycles. The van der Waals surface area contributed by atoms with Crippen molar-refractivity contribution in [2.24, 2.45) is 20.0 Å². The molecule has 0 amide bonds. The monoisotopic (exact) mass is 334 g/mol.